The molecule has 1 unspecified atom stereocenters. The van der Waals surface area contributed by atoms with Gasteiger partial charge in [-0.05, 0) is 111 Å². The topological polar surface area (TPSA) is 269 Å². The van der Waals surface area contributed by atoms with Crippen molar-refractivity contribution in [2.24, 2.45) is 0 Å². The molecule has 3 aromatic heterocycles. The van der Waals surface area contributed by atoms with Crippen molar-refractivity contribution >= 4 is 48.0 Å². The highest BCUT2D eigenvalue weighted by molar-refractivity contribution is 7.52. The summed E-state index contributed by atoms with van der Waals surface area (Å²) in [5, 5.41) is 53.0. The zero-order chi connectivity index (χ0) is 49.9. The minimum absolute atomic E-state index is 0.0807. The molecule has 6 aromatic rings. The highest BCUT2D eigenvalue weighted by Gasteiger charge is 2.58. The lowest BCUT2D eigenvalue weighted by Gasteiger charge is -2.29. The van der Waals surface area contributed by atoms with E-state index in [-0.39, 0.29) is 35.3 Å². The number of anilines is 2. The number of aliphatic hydroxyl groups excluding tert-OH is 2. The molecule has 1 saturated carbocycles. The van der Waals surface area contributed by atoms with E-state index in [4.69, 9.17) is 24.3 Å². The van der Waals surface area contributed by atoms with Crippen LogP contribution >= 0.6 is 19.1 Å². The number of benzene rings is 3. The second-order valence-electron chi connectivity index (χ2n) is 18.2. The predicted octanol–water partition coefficient (Wildman–Crippen LogP) is 5.50. The minimum Gasteiger partial charge on any atom is -0.461 e. The molecule has 19 nitrogen and oxygen atoms in total. The number of aryl methyl sites for hydroxylation is 1. The van der Waals surface area contributed by atoms with E-state index in [0.29, 0.717) is 36.5 Å². The van der Waals surface area contributed by atoms with Crippen LogP contribution in [0, 0.1) is 18.3 Å². The molecule has 2 saturated heterocycles. The zero-order valence-electron chi connectivity index (χ0n) is 39.4. The summed E-state index contributed by atoms with van der Waals surface area (Å²) in [6, 6.07) is 30.6. The molecule has 0 spiro atoms. The molecule has 2 aliphatic heterocycles. The van der Waals surface area contributed by atoms with E-state index in [0.717, 1.165) is 51.6 Å². The number of fused-ring (bicyclic) bond motifs is 1. The third-order valence-electron chi connectivity index (χ3n) is 13.1. The largest absolute Gasteiger partial charge is 0.461 e. The molecular weight excluding hydrogens is 948 g/mol. The van der Waals surface area contributed by atoms with Crippen molar-refractivity contribution in [1.82, 2.24) is 35.6 Å². The Bertz CT molecular complexity index is 2970. The molecule has 3 aromatic carbocycles. The van der Waals surface area contributed by atoms with Gasteiger partial charge >= 0.3 is 13.7 Å². The smallest absolute Gasteiger partial charge is 0.459 e. The lowest BCUT2D eigenvalue weighted by Crippen LogP contribution is -2.51. The van der Waals surface area contributed by atoms with Crippen LogP contribution in [0.25, 0.3) is 16.0 Å². The predicted molar refractivity (Wildman–Crippen MR) is 266 cm³/mol. The Hall–Kier alpha value is -6.24. The van der Waals surface area contributed by atoms with E-state index in [1.807, 2.05) is 50.2 Å². The summed E-state index contributed by atoms with van der Waals surface area (Å²) in [6.45, 7) is 7.23. The number of esters is 1. The van der Waals surface area contributed by atoms with Gasteiger partial charge in [-0.25, -0.2) is 14.1 Å². The van der Waals surface area contributed by atoms with Crippen molar-refractivity contribution < 1.29 is 42.9 Å². The molecule has 0 radical (unpaired) electrons. The first-order valence-electron chi connectivity index (χ1n) is 23.5. The number of carbonyl (C=O) groups is 2. The summed E-state index contributed by atoms with van der Waals surface area (Å²) in [7, 11) is -4.44. The van der Waals surface area contributed by atoms with Crippen LogP contribution in [-0.2, 0) is 35.5 Å². The van der Waals surface area contributed by atoms with Gasteiger partial charge in [0.15, 0.2) is 5.82 Å². The van der Waals surface area contributed by atoms with Crippen molar-refractivity contribution in [2.45, 2.75) is 101 Å². The van der Waals surface area contributed by atoms with Crippen LogP contribution in [0.15, 0.2) is 103 Å². The van der Waals surface area contributed by atoms with Crippen LogP contribution in [0.5, 0.6) is 5.75 Å². The maximum absolute atomic E-state index is 14.4. The van der Waals surface area contributed by atoms with Gasteiger partial charge < -0.3 is 51.2 Å². The number of thiophene rings is 1. The van der Waals surface area contributed by atoms with Gasteiger partial charge in [0.05, 0.1) is 24.4 Å². The average Bonchev–Trinajstić information content (AvgIpc) is 4.17. The maximum Gasteiger partial charge on any atom is 0.459 e. The highest BCUT2D eigenvalue weighted by atomic mass is 32.1. The first-order chi connectivity index (χ1) is 34.2. The average molecular weight is 1010 g/mol. The summed E-state index contributed by atoms with van der Waals surface area (Å²) < 4.78 is 39.2. The van der Waals surface area contributed by atoms with Crippen LogP contribution in [0.4, 0.5) is 11.5 Å². The number of hydrogen-bond donors (Lipinski definition) is 8. The van der Waals surface area contributed by atoms with Gasteiger partial charge in [-0.2, -0.15) is 15.4 Å². The number of nitrogen functional groups attached to an aromatic ring is 1. The highest BCUT2D eigenvalue weighted by Crippen LogP contribution is 2.47. The summed E-state index contributed by atoms with van der Waals surface area (Å²) >= 11 is 1.69. The zero-order valence-corrected chi connectivity index (χ0v) is 41.1. The molecule has 3 fully saturated rings. The third kappa shape index (κ3) is 11.0. The van der Waals surface area contributed by atoms with Crippen molar-refractivity contribution in [3.8, 4) is 22.3 Å². The third-order valence-corrected chi connectivity index (χ3v) is 15.9. The fourth-order valence-corrected chi connectivity index (χ4v) is 11.5. The molecule has 3 aliphatic rings. The Morgan fingerprint density at radius 3 is 2.63 bits per heavy atom. The lowest BCUT2D eigenvalue weighted by molar-refractivity contribution is -0.150. The number of carbonyl (C=O) groups excluding carboxylic acids is 2. The number of nitriles is 1. The fraction of sp³-hybridized carbons (Fsp3) is 0.380. The molecule has 1 amide bonds. The van der Waals surface area contributed by atoms with Crippen molar-refractivity contribution in [1.29, 1.82) is 5.26 Å². The summed E-state index contributed by atoms with van der Waals surface area (Å²) in [5.41, 5.74) is 8.85. The van der Waals surface area contributed by atoms with Crippen LogP contribution in [0.3, 0.4) is 0 Å². The number of nitrogens with one attached hydrogen (secondary N) is 5. The number of amides is 1. The van der Waals surface area contributed by atoms with E-state index in [2.05, 4.69) is 60.7 Å². The second kappa shape index (κ2) is 21.2. The van der Waals surface area contributed by atoms with Crippen LogP contribution < -0.4 is 36.6 Å². The second-order valence-corrected chi connectivity index (χ2v) is 21.1. The number of para-hydroxylation sites is 1. The van der Waals surface area contributed by atoms with Gasteiger partial charge in [0.1, 0.15) is 54.1 Å². The maximum atomic E-state index is 14.4. The van der Waals surface area contributed by atoms with Crippen molar-refractivity contribution in [3.63, 3.8) is 0 Å². The van der Waals surface area contributed by atoms with E-state index in [1.165, 1.54) is 23.8 Å². The summed E-state index contributed by atoms with van der Waals surface area (Å²) in [5.74, 6) is -0.509. The molecule has 21 heteroatoms. The Morgan fingerprint density at radius 2 is 1.86 bits per heavy atom. The summed E-state index contributed by atoms with van der Waals surface area (Å²) in [4.78, 5) is 33.2. The molecule has 9 N–H and O–H groups in total. The molecule has 372 valence electrons. The van der Waals surface area contributed by atoms with Gasteiger partial charge in [-0.3, -0.25) is 14.1 Å². The summed E-state index contributed by atoms with van der Waals surface area (Å²) in [6.07, 6.45) is -2.09. The molecule has 1 aliphatic carbocycles. The SMILES string of the molecule is Cc1ccc(NC2CNC2)cc1C(=O)N[C@H](C)c1cccc(-c2ccc(CN[C@H]3CC[C@@H](OC(=O)[C@H](C)NP(=O)(OC[C@H]4O[C@@](C#N)(c5ccc6c(N)ncnn56)[C@H](O)[C@@H]4O)Oc4ccccc4)C3)s2)c1. The number of nitrogens with two attached hydrogens (primary N) is 1. The van der Waals surface area contributed by atoms with Crippen LogP contribution in [-0.4, -0.2) is 98.9 Å². The fourth-order valence-electron chi connectivity index (χ4n) is 9.00. The first-order valence-corrected chi connectivity index (χ1v) is 25.9. The number of nitrogens with zero attached hydrogens (tertiary/aromatic N) is 4. The van der Waals surface area contributed by atoms with Crippen LogP contribution in [0.1, 0.15) is 71.2 Å². The molecule has 9 rings (SSSR count). The molecule has 5 heterocycles. The number of ether oxygens (including phenoxy) is 2. The van der Waals surface area contributed by atoms with Gasteiger partial charge in [-0.1, -0.05) is 42.5 Å². The van der Waals surface area contributed by atoms with E-state index in [9.17, 15) is 29.6 Å². The van der Waals surface area contributed by atoms with Crippen LogP contribution in [0.2, 0.25) is 0 Å². The Morgan fingerprint density at radius 1 is 1.04 bits per heavy atom. The first kappa shape index (κ1) is 49.7. The quantitative estimate of drug-likeness (QED) is 0.0368. The minimum atomic E-state index is -4.44. The van der Waals surface area contributed by atoms with E-state index in [1.54, 1.807) is 47.7 Å². The molecule has 71 heavy (non-hydrogen) atoms. The van der Waals surface area contributed by atoms with Crippen molar-refractivity contribution in [2.75, 3.05) is 30.7 Å². The van der Waals surface area contributed by atoms with Crippen molar-refractivity contribution in [3.05, 3.63) is 131 Å². The van der Waals surface area contributed by atoms with Gasteiger partial charge in [-0.15, -0.1) is 11.3 Å². The number of aromatic nitrogens is 3. The van der Waals surface area contributed by atoms with E-state index >= 15 is 0 Å². The van der Waals surface area contributed by atoms with Gasteiger partial charge in [0, 0.05) is 46.7 Å². The number of hydrogen-bond acceptors (Lipinski definition) is 17. The Balaban J connectivity index is 0.768. The lowest BCUT2D eigenvalue weighted by atomic mass is 9.92. The van der Waals surface area contributed by atoms with Gasteiger partial charge in [0.25, 0.3) is 5.91 Å². The number of aliphatic hydroxyl groups is 2. The standard InChI is InChI=1S/C50H57N10O9PS/c1-29-12-13-35(58-36-23-53-24-36)22-40(29)48(63)57-30(2)32-8-7-9-33(20-32)43-18-16-39(71-43)25-54-34-14-15-38(21-34)67-49(64)31(3)59-70(65,69-37-10-5-4-6-11-37)66-26-42-45(61)46(62)50(27-51,68-42)44-19-17-41-47(52)55-28-56-60(41)44/h4-13,16-20,22,28,30-31,34,36,38,42,45-46,53-54,58,61-62H,14-15,21,23-26H2,1-3H3,(H,57,63)(H,59,65)(H2,52,55,56)/t30-,31+,34+,38-,42-,45-,46-,50+,70?/m1/s1. The Labute approximate surface area is 414 Å². The Kier molecular flexibility index (Phi) is 14.9. The molecular formula is C50H57N10O9PS. The van der Waals surface area contributed by atoms with E-state index < -0.39 is 56.4 Å². The normalized spacial score (nSPS) is 23.8. The number of rotatable bonds is 19. The monoisotopic (exact) mass is 1000 g/mol. The molecule has 9 atom stereocenters. The van der Waals surface area contributed by atoms with Gasteiger partial charge in [0.2, 0.25) is 5.60 Å². The molecule has 0 bridgehead atoms.